The molecule has 2 heterocycles. The minimum absolute atomic E-state index is 0.254. The van der Waals surface area contributed by atoms with E-state index in [2.05, 4.69) is 15.5 Å². The van der Waals surface area contributed by atoms with Crippen molar-refractivity contribution in [3.05, 3.63) is 68.2 Å². The number of benzene rings is 1. The third-order valence-corrected chi connectivity index (χ3v) is 3.96. The number of hydrogen-bond donors (Lipinski definition) is 1. The Morgan fingerprint density at radius 2 is 1.77 bits per heavy atom. The maximum Gasteiger partial charge on any atom is 0.267 e. The number of halogens is 2. The lowest BCUT2D eigenvalue weighted by atomic mass is 10.3. The van der Waals surface area contributed by atoms with Crippen molar-refractivity contribution in [2.75, 3.05) is 5.32 Å². The Hall–Kier alpha value is -2.64. The third kappa shape index (κ3) is 4.12. The Morgan fingerprint density at radius 3 is 2.38 bits per heavy atom. The van der Waals surface area contributed by atoms with Crippen molar-refractivity contribution in [1.29, 1.82) is 0 Å². The summed E-state index contributed by atoms with van der Waals surface area (Å²) in [6.07, 6.45) is 0. The van der Waals surface area contributed by atoms with Gasteiger partial charge in [-0.3, -0.25) is 9.59 Å². The lowest BCUT2D eigenvalue weighted by Gasteiger charge is -2.09. The number of nitrogens with one attached hydrogen (secondary N) is 1. The first-order valence-corrected chi connectivity index (χ1v) is 8.45. The van der Waals surface area contributed by atoms with Gasteiger partial charge in [0.2, 0.25) is 5.91 Å². The summed E-state index contributed by atoms with van der Waals surface area (Å²) in [5.41, 5.74) is 1.75. The van der Waals surface area contributed by atoms with Gasteiger partial charge >= 0.3 is 0 Å². The van der Waals surface area contributed by atoms with Crippen molar-refractivity contribution in [1.82, 2.24) is 19.6 Å². The Balaban J connectivity index is 1.83. The summed E-state index contributed by atoms with van der Waals surface area (Å²) in [6, 6.07) is 9.49. The normalized spacial score (nSPS) is 10.8. The summed E-state index contributed by atoms with van der Waals surface area (Å²) in [5, 5.41) is 12.0. The molecule has 0 aliphatic rings. The molecule has 0 saturated carbocycles. The van der Waals surface area contributed by atoms with Crippen molar-refractivity contribution >= 4 is 34.8 Å². The molecule has 0 fully saturated rings. The molecule has 26 heavy (non-hydrogen) atoms. The lowest BCUT2D eigenvalue weighted by Crippen LogP contribution is -2.30. The van der Waals surface area contributed by atoms with Crippen LogP contribution in [-0.4, -0.2) is 25.5 Å². The summed E-state index contributed by atoms with van der Waals surface area (Å²) in [5.74, 6) is 0.0252. The van der Waals surface area contributed by atoms with Gasteiger partial charge < -0.3 is 5.32 Å². The van der Waals surface area contributed by atoms with E-state index in [1.54, 1.807) is 28.9 Å². The molecule has 134 valence electrons. The molecule has 2 aromatic heterocycles. The van der Waals surface area contributed by atoms with Crippen molar-refractivity contribution in [2.24, 2.45) is 0 Å². The fraction of sp³-hybridized carbons (Fsp3) is 0.176. The Kier molecular flexibility index (Phi) is 5.11. The summed E-state index contributed by atoms with van der Waals surface area (Å²) >= 11 is 11.8. The van der Waals surface area contributed by atoms with Crippen LogP contribution in [0.25, 0.3) is 5.82 Å². The minimum atomic E-state index is -0.427. The fourth-order valence-corrected chi connectivity index (χ4v) is 3.01. The quantitative estimate of drug-likeness (QED) is 0.740. The monoisotopic (exact) mass is 391 g/mol. The van der Waals surface area contributed by atoms with E-state index >= 15 is 0 Å². The molecule has 0 atom stereocenters. The van der Waals surface area contributed by atoms with E-state index < -0.39 is 11.5 Å². The van der Waals surface area contributed by atoms with Crippen molar-refractivity contribution in [2.45, 2.75) is 20.4 Å². The van der Waals surface area contributed by atoms with E-state index in [0.717, 1.165) is 16.1 Å². The number of carbonyl (C=O) groups is 1. The van der Waals surface area contributed by atoms with Crippen LogP contribution in [0.3, 0.4) is 0 Å². The molecule has 3 aromatic rings. The molecule has 0 spiro atoms. The zero-order chi connectivity index (χ0) is 18.8. The maximum absolute atomic E-state index is 12.3. The summed E-state index contributed by atoms with van der Waals surface area (Å²) in [4.78, 5) is 24.3. The van der Waals surface area contributed by atoms with Gasteiger partial charge in [0.25, 0.3) is 5.56 Å². The molecule has 0 bridgehead atoms. The Bertz CT molecular complexity index is 1020. The first-order valence-electron chi connectivity index (χ1n) is 7.69. The Morgan fingerprint density at radius 1 is 1.08 bits per heavy atom. The molecule has 3 rings (SSSR count). The number of rotatable bonds is 4. The predicted octanol–water partition coefficient (Wildman–Crippen LogP) is 2.99. The number of amides is 1. The van der Waals surface area contributed by atoms with Crippen LogP contribution in [0.2, 0.25) is 10.0 Å². The second-order valence-corrected chi connectivity index (χ2v) is 6.61. The number of aromatic nitrogens is 4. The van der Waals surface area contributed by atoms with Gasteiger partial charge in [0.1, 0.15) is 6.54 Å². The largest absolute Gasteiger partial charge is 0.324 e. The van der Waals surface area contributed by atoms with Crippen molar-refractivity contribution in [3.63, 3.8) is 0 Å². The van der Waals surface area contributed by atoms with Gasteiger partial charge in [-0.2, -0.15) is 5.10 Å². The van der Waals surface area contributed by atoms with E-state index in [-0.39, 0.29) is 6.54 Å². The zero-order valence-electron chi connectivity index (χ0n) is 14.0. The Labute approximate surface area is 159 Å². The van der Waals surface area contributed by atoms with Crippen LogP contribution in [0.15, 0.2) is 41.2 Å². The third-order valence-electron chi connectivity index (χ3n) is 3.52. The molecular weight excluding hydrogens is 377 g/mol. The van der Waals surface area contributed by atoms with Crippen LogP contribution in [0.1, 0.15) is 11.4 Å². The second kappa shape index (κ2) is 7.31. The maximum atomic E-state index is 12.3. The average molecular weight is 392 g/mol. The van der Waals surface area contributed by atoms with Gasteiger partial charge in [-0.1, -0.05) is 23.2 Å². The second-order valence-electron chi connectivity index (χ2n) is 5.73. The van der Waals surface area contributed by atoms with E-state index in [1.807, 2.05) is 19.9 Å². The number of anilines is 1. The number of aryl methyl sites for hydroxylation is 2. The molecule has 0 saturated heterocycles. The number of carbonyl (C=O) groups excluding carboxylic acids is 1. The van der Waals surface area contributed by atoms with Crippen LogP contribution >= 0.6 is 23.2 Å². The first-order chi connectivity index (χ1) is 12.3. The van der Waals surface area contributed by atoms with Crippen molar-refractivity contribution in [3.8, 4) is 5.82 Å². The molecule has 1 amide bonds. The average Bonchev–Trinajstić information content (AvgIpc) is 2.87. The molecule has 0 aliphatic heterocycles. The molecule has 7 nitrogen and oxygen atoms in total. The number of nitrogens with zero attached hydrogens (tertiary/aromatic N) is 4. The van der Waals surface area contributed by atoms with Crippen LogP contribution in [-0.2, 0) is 11.3 Å². The topological polar surface area (TPSA) is 81.8 Å². The molecule has 0 aliphatic carbocycles. The van der Waals surface area contributed by atoms with Gasteiger partial charge in [0.15, 0.2) is 5.82 Å². The van der Waals surface area contributed by atoms with Gasteiger partial charge in [0.05, 0.1) is 5.69 Å². The molecule has 9 heteroatoms. The summed E-state index contributed by atoms with van der Waals surface area (Å²) < 4.78 is 2.69. The fourth-order valence-electron chi connectivity index (χ4n) is 2.49. The molecule has 0 unspecified atom stereocenters. The van der Waals surface area contributed by atoms with Crippen LogP contribution in [0.5, 0.6) is 0 Å². The zero-order valence-corrected chi connectivity index (χ0v) is 15.5. The highest BCUT2D eigenvalue weighted by atomic mass is 35.5. The first kappa shape index (κ1) is 18.2. The van der Waals surface area contributed by atoms with Gasteiger partial charge in [-0.25, -0.2) is 9.36 Å². The van der Waals surface area contributed by atoms with E-state index in [4.69, 9.17) is 23.2 Å². The molecule has 1 N–H and O–H groups in total. The smallest absolute Gasteiger partial charge is 0.267 e. The highest BCUT2D eigenvalue weighted by molar-refractivity contribution is 6.35. The van der Waals surface area contributed by atoms with Gasteiger partial charge in [0, 0.05) is 27.5 Å². The van der Waals surface area contributed by atoms with Crippen LogP contribution in [0.4, 0.5) is 5.69 Å². The summed E-state index contributed by atoms with van der Waals surface area (Å²) in [7, 11) is 0. The number of hydrogen-bond acceptors (Lipinski definition) is 4. The lowest BCUT2D eigenvalue weighted by molar-refractivity contribution is -0.117. The highest BCUT2D eigenvalue weighted by Crippen LogP contribution is 2.22. The van der Waals surface area contributed by atoms with E-state index in [1.165, 1.54) is 6.07 Å². The van der Waals surface area contributed by atoms with E-state index in [9.17, 15) is 9.59 Å². The summed E-state index contributed by atoms with van der Waals surface area (Å²) in [6.45, 7) is 3.49. The van der Waals surface area contributed by atoms with Crippen LogP contribution in [0, 0.1) is 13.8 Å². The highest BCUT2D eigenvalue weighted by Gasteiger charge is 2.11. The molecule has 1 aromatic carbocycles. The predicted molar refractivity (Wildman–Crippen MR) is 100 cm³/mol. The molecular formula is C17H15Cl2N5O2. The van der Waals surface area contributed by atoms with Gasteiger partial charge in [-0.15, -0.1) is 5.10 Å². The molecule has 0 radical (unpaired) electrons. The van der Waals surface area contributed by atoms with Crippen LogP contribution < -0.4 is 10.9 Å². The van der Waals surface area contributed by atoms with Gasteiger partial charge in [-0.05, 0) is 44.2 Å². The van der Waals surface area contributed by atoms with Crippen molar-refractivity contribution < 1.29 is 4.79 Å². The SMILES string of the molecule is Cc1cc(C)n(-c2ccc(=O)n(CC(=O)Nc3cc(Cl)cc(Cl)c3)n2)n1. The standard InChI is InChI=1S/C17H15Cl2N5O2/c1-10-5-11(2)24(21-10)15-3-4-17(26)23(22-15)9-16(25)20-14-7-12(18)6-13(19)8-14/h3-8H,9H2,1-2H3,(H,20,25). The van der Waals surface area contributed by atoms with E-state index in [0.29, 0.717) is 21.6 Å². The minimum Gasteiger partial charge on any atom is -0.324 e.